The Labute approximate surface area is 140 Å². The molecule has 3 rings (SSSR count). The van der Waals surface area contributed by atoms with E-state index in [-0.39, 0.29) is 5.69 Å². The molecule has 0 saturated carbocycles. The standard InChI is InChI=1S/C19H19N3O2/c1-19(2,3)24-18(23)17-6-4-5-15(22-17)12-7-8-16-13(11-12)14(20)9-10-21-16/h4-11H,1-3H3,(H2,20,21). The fourth-order valence-electron chi connectivity index (χ4n) is 2.37. The third-order valence-electron chi connectivity index (χ3n) is 3.43. The van der Waals surface area contributed by atoms with Gasteiger partial charge in [0.05, 0.1) is 11.2 Å². The second kappa shape index (κ2) is 5.92. The first kappa shape index (κ1) is 15.9. The number of fused-ring (bicyclic) bond motifs is 1. The van der Waals surface area contributed by atoms with Gasteiger partial charge in [-0.2, -0.15) is 0 Å². The number of anilines is 1. The van der Waals surface area contributed by atoms with E-state index in [9.17, 15) is 4.79 Å². The van der Waals surface area contributed by atoms with Gasteiger partial charge in [-0.15, -0.1) is 0 Å². The Morgan fingerprint density at radius 2 is 1.92 bits per heavy atom. The number of aromatic nitrogens is 2. The smallest absolute Gasteiger partial charge is 0.357 e. The van der Waals surface area contributed by atoms with E-state index >= 15 is 0 Å². The summed E-state index contributed by atoms with van der Waals surface area (Å²) in [5.74, 6) is -0.439. The highest BCUT2D eigenvalue weighted by Crippen LogP contribution is 2.26. The first-order valence-corrected chi connectivity index (χ1v) is 7.68. The lowest BCUT2D eigenvalue weighted by molar-refractivity contribution is 0.00630. The van der Waals surface area contributed by atoms with Crippen LogP contribution in [0.4, 0.5) is 5.69 Å². The second-order valence-electron chi connectivity index (χ2n) is 6.54. The SMILES string of the molecule is CC(C)(C)OC(=O)c1cccc(-c2ccc3nccc(N)c3c2)n1. The fraction of sp³-hybridized carbons (Fsp3) is 0.211. The number of hydrogen-bond donors (Lipinski definition) is 1. The van der Waals surface area contributed by atoms with E-state index in [0.29, 0.717) is 11.4 Å². The molecule has 0 spiro atoms. The van der Waals surface area contributed by atoms with Crippen molar-refractivity contribution in [3.63, 3.8) is 0 Å². The van der Waals surface area contributed by atoms with Crippen LogP contribution in [-0.2, 0) is 4.74 Å². The monoisotopic (exact) mass is 321 g/mol. The molecular formula is C19H19N3O2. The van der Waals surface area contributed by atoms with Crippen molar-refractivity contribution in [3.05, 3.63) is 54.4 Å². The van der Waals surface area contributed by atoms with Crippen molar-refractivity contribution in [2.45, 2.75) is 26.4 Å². The molecular weight excluding hydrogens is 302 g/mol. The number of pyridine rings is 2. The molecule has 1 aromatic carbocycles. The maximum Gasteiger partial charge on any atom is 0.357 e. The van der Waals surface area contributed by atoms with Crippen molar-refractivity contribution in [3.8, 4) is 11.3 Å². The third-order valence-corrected chi connectivity index (χ3v) is 3.43. The van der Waals surface area contributed by atoms with Gasteiger partial charge in [-0.1, -0.05) is 12.1 Å². The van der Waals surface area contributed by atoms with Crippen LogP contribution in [0.15, 0.2) is 48.7 Å². The van der Waals surface area contributed by atoms with Crippen LogP contribution in [0.5, 0.6) is 0 Å². The van der Waals surface area contributed by atoms with Crippen molar-refractivity contribution in [1.29, 1.82) is 0 Å². The van der Waals surface area contributed by atoms with Gasteiger partial charge in [-0.25, -0.2) is 9.78 Å². The topological polar surface area (TPSA) is 78.1 Å². The molecule has 3 aromatic rings. The van der Waals surface area contributed by atoms with Gasteiger partial charge < -0.3 is 10.5 Å². The molecule has 0 atom stereocenters. The van der Waals surface area contributed by atoms with Gasteiger partial charge in [0, 0.05) is 22.8 Å². The minimum absolute atomic E-state index is 0.279. The van der Waals surface area contributed by atoms with Crippen LogP contribution in [0.25, 0.3) is 22.2 Å². The van der Waals surface area contributed by atoms with Crippen molar-refractivity contribution < 1.29 is 9.53 Å². The minimum Gasteiger partial charge on any atom is -0.455 e. The average molecular weight is 321 g/mol. The number of nitrogen functional groups attached to an aromatic ring is 1. The summed E-state index contributed by atoms with van der Waals surface area (Å²) in [5, 5.41) is 0.861. The number of benzene rings is 1. The number of ether oxygens (including phenoxy) is 1. The molecule has 2 N–H and O–H groups in total. The predicted molar refractivity (Wildman–Crippen MR) is 94.6 cm³/mol. The van der Waals surface area contributed by atoms with Crippen LogP contribution < -0.4 is 5.73 Å². The zero-order valence-corrected chi connectivity index (χ0v) is 13.9. The molecule has 0 saturated heterocycles. The van der Waals surface area contributed by atoms with Gasteiger partial charge in [0.1, 0.15) is 11.3 Å². The molecule has 0 radical (unpaired) electrons. The fourth-order valence-corrected chi connectivity index (χ4v) is 2.37. The highest BCUT2D eigenvalue weighted by molar-refractivity contribution is 5.93. The second-order valence-corrected chi connectivity index (χ2v) is 6.54. The molecule has 5 heteroatoms. The predicted octanol–water partition coefficient (Wildman–Crippen LogP) is 3.83. The number of nitrogens with zero attached hydrogens (tertiary/aromatic N) is 2. The van der Waals surface area contributed by atoms with E-state index in [1.165, 1.54) is 0 Å². The largest absolute Gasteiger partial charge is 0.455 e. The number of carbonyl (C=O) groups is 1. The summed E-state index contributed by atoms with van der Waals surface area (Å²) in [6, 6.07) is 12.8. The lowest BCUT2D eigenvalue weighted by Gasteiger charge is -2.19. The van der Waals surface area contributed by atoms with Gasteiger partial charge in [0.25, 0.3) is 0 Å². The Kier molecular flexibility index (Phi) is 3.93. The molecule has 2 heterocycles. The zero-order chi connectivity index (χ0) is 17.3. The van der Waals surface area contributed by atoms with Crippen molar-refractivity contribution in [2.24, 2.45) is 0 Å². The van der Waals surface area contributed by atoms with Gasteiger partial charge in [0.15, 0.2) is 0 Å². The van der Waals surface area contributed by atoms with Gasteiger partial charge >= 0.3 is 5.97 Å². The van der Waals surface area contributed by atoms with Gasteiger partial charge in [-0.3, -0.25) is 4.98 Å². The average Bonchev–Trinajstić information content (AvgIpc) is 2.53. The summed E-state index contributed by atoms with van der Waals surface area (Å²) in [6.07, 6.45) is 1.68. The number of carbonyl (C=O) groups excluding carboxylic acids is 1. The summed E-state index contributed by atoms with van der Waals surface area (Å²) in [4.78, 5) is 20.9. The first-order valence-electron chi connectivity index (χ1n) is 7.68. The molecule has 0 amide bonds. The van der Waals surface area contributed by atoms with Crippen molar-refractivity contribution in [1.82, 2.24) is 9.97 Å². The Bertz CT molecular complexity index is 914. The van der Waals surface area contributed by atoms with Crippen LogP contribution in [0.2, 0.25) is 0 Å². The zero-order valence-electron chi connectivity index (χ0n) is 13.9. The normalized spacial score (nSPS) is 11.5. The van der Waals surface area contributed by atoms with Crippen LogP contribution >= 0.6 is 0 Å². The lowest BCUT2D eigenvalue weighted by atomic mass is 10.1. The van der Waals surface area contributed by atoms with Crippen LogP contribution in [0.1, 0.15) is 31.3 Å². The molecule has 0 aliphatic rings. The summed E-state index contributed by atoms with van der Waals surface area (Å²) in [7, 11) is 0. The van der Waals surface area contributed by atoms with Crippen molar-refractivity contribution >= 4 is 22.6 Å². The van der Waals surface area contributed by atoms with Crippen LogP contribution in [0, 0.1) is 0 Å². The number of nitrogens with two attached hydrogens (primary N) is 1. The Morgan fingerprint density at radius 3 is 2.67 bits per heavy atom. The molecule has 0 unspecified atom stereocenters. The molecule has 0 aliphatic heterocycles. The Hall–Kier alpha value is -2.95. The molecule has 24 heavy (non-hydrogen) atoms. The highest BCUT2D eigenvalue weighted by atomic mass is 16.6. The Balaban J connectivity index is 2.00. The summed E-state index contributed by atoms with van der Waals surface area (Å²) < 4.78 is 5.37. The van der Waals surface area contributed by atoms with Crippen LogP contribution in [-0.4, -0.2) is 21.5 Å². The highest BCUT2D eigenvalue weighted by Gasteiger charge is 2.19. The third kappa shape index (κ3) is 3.35. The number of esters is 1. The summed E-state index contributed by atoms with van der Waals surface area (Å²) in [5.41, 5.74) is 8.77. The number of rotatable bonds is 2. The summed E-state index contributed by atoms with van der Waals surface area (Å²) >= 11 is 0. The molecule has 122 valence electrons. The first-order chi connectivity index (χ1) is 11.3. The van der Waals surface area contributed by atoms with E-state index in [0.717, 1.165) is 16.5 Å². The quantitative estimate of drug-likeness (QED) is 0.726. The van der Waals surface area contributed by atoms with E-state index in [1.807, 2.05) is 45.0 Å². The van der Waals surface area contributed by atoms with Gasteiger partial charge in [-0.05, 0) is 51.1 Å². The van der Waals surface area contributed by atoms with E-state index in [4.69, 9.17) is 10.5 Å². The minimum atomic E-state index is -0.558. The maximum absolute atomic E-state index is 12.2. The molecule has 5 nitrogen and oxygen atoms in total. The van der Waals surface area contributed by atoms with E-state index in [1.54, 1.807) is 24.4 Å². The number of hydrogen-bond acceptors (Lipinski definition) is 5. The van der Waals surface area contributed by atoms with E-state index < -0.39 is 11.6 Å². The van der Waals surface area contributed by atoms with Gasteiger partial charge in [0.2, 0.25) is 0 Å². The Morgan fingerprint density at radius 1 is 1.12 bits per heavy atom. The lowest BCUT2D eigenvalue weighted by Crippen LogP contribution is -2.24. The molecule has 0 bridgehead atoms. The van der Waals surface area contributed by atoms with E-state index in [2.05, 4.69) is 9.97 Å². The molecule has 0 fully saturated rings. The van der Waals surface area contributed by atoms with Crippen LogP contribution in [0.3, 0.4) is 0 Å². The van der Waals surface area contributed by atoms with Crippen molar-refractivity contribution in [2.75, 3.05) is 5.73 Å². The molecule has 2 aromatic heterocycles. The maximum atomic E-state index is 12.2. The molecule has 0 aliphatic carbocycles. The summed E-state index contributed by atoms with van der Waals surface area (Å²) in [6.45, 7) is 5.48.